The number of rotatable bonds is 4. The Morgan fingerprint density at radius 2 is 1.61 bits per heavy atom. The molecule has 2 heterocycles. The van der Waals surface area contributed by atoms with Gasteiger partial charge >= 0.3 is 0 Å². The molecule has 2 saturated heterocycles. The summed E-state index contributed by atoms with van der Waals surface area (Å²) >= 11 is 3.65. The number of piperidine rings is 2. The van der Waals surface area contributed by atoms with Gasteiger partial charge in [0.15, 0.2) is 0 Å². The van der Waals surface area contributed by atoms with Crippen LogP contribution in [-0.4, -0.2) is 42.1 Å². The van der Waals surface area contributed by atoms with Gasteiger partial charge in [0.25, 0.3) is 5.91 Å². The number of nitrogens with one attached hydrogen (secondary N) is 1. The van der Waals surface area contributed by atoms with E-state index in [1.54, 1.807) is 7.11 Å². The van der Waals surface area contributed by atoms with Crippen molar-refractivity contribution in [2.75, 3.05) is 7.11 Å². The first-order valence-corrected chi connectivity index (χ1v) is 12.8. The first-order valence-electron chi connectivity index (χ1n) is 12.0. The lowest BCUT2D eigenvalue weighted by Gasteiger charge is -2.53. The van der Waals surface area contributed by atoms with Crippen LogP contribution in [0.3, 0.4) is 0 Å². The molecule has 166 valence electrons. The van der Waals surface area contributed by atoms with Crippen molar-refractivity contribution in [2.45, 2.75) is 88.4 Å². The molecule has 1 saturated carbocycles. The summed E-state index contributed by atoms with van der Waals surface area (Å²) in [5.41, 5.74) is 0.618. The molecule has 2 unspecified atom stereocenters. The van der Waals surface area contributed by atoms with Gasteiger partial charge in [-0.2, -0.15) is 0 Å². The predicted octanol–water partition coefficient (Wildman–Crippen LogP) is 6.06. The maximum Gasteiger partial charge on any atom is 0.255 e. The minimum absolute atomic E-state index is 0.0162. The summed E-state index contributed by atoms with van der Waals surface area (Å²) in [7, 11) is 1.65. The van der Waals surface area contributed by atoms with Crippen molar-refractivity contribution in [3.8, 4) is 5.75 Å². The summed E-state index contributed by atoms with van der Waals surface area (Å²) in [5, 5.41) is 5.41. The van der Waals surface area contributed by atoms with Crippen LogP contribution in [0.15, 0.2) is 34.8 Å². The molecule has 5 rings (SSSR count). The quantitative estimate of drug-likeness (QED) is 0.573. The number of amides is 1. The molecule has 5 heteroatoms. The van der Waals surface area contributed by atoms with Crippen molar-refractivity contribution in [2.24, 2.45) is 0 Å². The van der Waals surface area contributed by atoms with Gasteiger partial charge in [-0.25, -0.2) is 0 Å². The van der Waals surface area contributed by atoms with E-state index < -0.39 is 0 Å². The zero-order chi connectivity index (χ0) is 21.4. The van der Waals surface area contributed by atoms with Gasteiger partial charge in [-0.15, -0.1) is 0 Å². The molecule has 4 nitrogen and oxygen atoms in total. The monoisotopic (exact) mass is 484 g/mol. The van der Waals surface area contributed by atoms with E-state index in [2.05, 4.69) is 26.1 Å². The number of hydrogen-bond donors (Lipinski definition) is 1. The number of methoxy groups -OCH3 is 1. The zero-order valence-electron chi connectivity index (χ0n) is 18.4. The number of ether oxygens (including phenoxy) is 1. The molecule has 3 aliphatic rings. The molecule has 0 spiro atoms. The average Bonchev–Trinajstić information content (AvgIpc) is 2.79. The normalized spacial score (nSPS) is 27.2. The Kier molecular flexibility index (Phi) is 6.25. The Morgan fingerprint density at radius 1 is 0.968 bits per heavy atom. The Labute approximate surface area is 193 Å². The van der Waals surface area contributed by atoms with Crippen LogP contribution in [0.4, 0.5) is 0 Å². The second-order valence-corrected chi connectivity index (χ2v) is 10.5. The van der Waals surface area contributed by atoms with E-state index in [1.807, 2.05) is 30.3 Å². The topological polar surface area (TPSA) is 41.6 Å². The summed E-state index contributed by atoms with van der Waals surface area (Å²) in [4.78, 5) is 16.2. The van der Waals surface area contributed by atoms with Crippen molar-refractivity contribution >= 4 is 32.6 Å². The third-order valence-corrected chi connectivity index (χ3v) is 8.41. The highest BCUT2D eigenvalue weighted by molar-refractivity contribution is 9.10. The first-order chi connectivity index (χ1) is 15.2. The minimum atomic E-state index is -0.0162. The summed E-state index contributed by atoms with van der Waals surface area (Å²) < 4.78 is 6.63. The number of fused-ring (bicyclic) bond motifs is 3. The molecule has 2 atom stereocenters. The molecule has 3 fully saturated rings. The first kappa shape index (κ1) is 21.3. The van der Waals surface area contributed by atoms with Crippen LogP contribution >= 0.6 is 15.9 Å². The molecule has 2 aromatic rings. The number of carbonyl (C=O) groups excluding carboxylic acids is 1. The standard InChI is InChI=1S/C26H33BrN2O2/c1-31-25-22-13-6-5-12-21(22)24(27)16-23(25)26(30)28-17-14-19-10-7-11-20(15-17)29(19)18-8-3-2-4-9-18/h5-6,12-13,16-20H,2-4,7-11,14-15H2,1H3,(H,28,30). The fraction of sp³-hybridized carbons (Fsp3) is 0.577. The molecule has 31 heavy (non-hydrogen) atoms. The second kappa shape index (κ2) is 9.11. The molecular formula is C26H33BrN2O2. The van der Waals surface area contributed by atoms with Crippen molar-refractivity contribution in [3.63, 3.8) is 0 Å². The maximum atomic E-state index is 13.4. The number of halogens is 1. The lowest BCUT2D eigenvalue weighted by atomic mass is 9.78. The fourth-order valence-corrected chi connectivity index (χ4v) is 7.04. The molecule has 0 radical (unpaired) electrons. The van der Waals surface area contributed by atoms with Crippen LogP contribution in [0, 0.1) is 0 Å². The second-order valence-electron chi connectivity index (χ2n) is 9.60. The molecule has 1 aliphatic carbocycles. The Hall–Kier alpha value is -1.59. The van der Waals surface area contributed by atoms with Crippen molar-refractivity contribution in [1.82, 2.24) is 10.2 Å². The summed E-state index contributed by atoms with van der Waals surface area (Å²) in [5.74, 6) is 0.647. The zero-order valence-corrected chi connectivity index (χ0v) is 20.0. The number of hydrogen-bond acceptors (Lipinski definition) is 3. The largest absolute Gasteiger partial charge is 0.495 e. The maximum absolute atomic E-state index is 13.4. The van der Waals surface area contributed by atoms with E-state index in [4.69, 9.17) is 4.74 Å². The average molecular weight is 485 g/mol. The summed E-state index contributed by atoms with van der Waals surface area (Å²) in [6.07, 6.45) is 13.0. The van der Waals surface area contributed by atoms with E-state index in [-0.39, 0.29) is 11.9 Å². The van der Waals surface area contributed by atoms with Crippen LogP contribution in [-0.2, 0) is 0 Å². The molecular weight excluding hydrogens is 452 g/mol. The van der Waals surface area contributed by atoms with E-state index in [0.717, 1.165) is 34.1 Å². The fourth-order valence-electron chi connectivity index (χ4n) is 6.47. The minimum Gasteiger partial charge on any atom is -0.495 e. The van der Waals surface area contributed by atoms with E-state index in [9.17, 15) is 4.79 Å². The van der Waals surface area contributed by atoms with E-state index in [0.29, 0.717) is 23.4 Å². The van der Waals surface area contributed by atoms with Crippen LogP contribution in [0.1, 0.15) is 74.6 Å². The van der Waals surface area contributed by atoms with Crippen LogP contribution < -0.4 is 10.1 Å². The van der Waals surface area contributed by atoms with Gasteiger partial charge in [-0.05, 0) is 50.0 Å². The van der Waals surface area contributed by atoms with Gasteiger partial charge < -0.3 is 10.1 Å². The molecule has 0 aromatic heterocycles. The van der Waals surface area contributed by atoms with Crippen molar-refractivity contribution in [3.05, 3.63) is 40.4 Å². The lowest BCUT2D eigenvalue weighted by Crippen LogP contribution is -2.60. The van der Waals surface area contributed by atoms with Gasteiger partial charge in [0, 0.05) is 34.0 Å². The summed E-state index contributed by atoms with van der Waals surface area (Å²) in [6.45, 7) is 0. The van der Waals surface area contributed by atoms with Gasteiger partial charge in [-0.1, -0.05) is 65.9 Å². The van der Waals surface area contributed by atoms with E-state index in [1.165, 1.54) is 51.4 Å². The number of benzene rings is 2. The van der Waals surface area contributed by atoms with Gasteiger partial charge in [0.2, 0.25) is 0 Å². The Morgan fingerprint density at radius 3 is 2.29 bits per heavy atom. The van der Waals surface area contributed by atoms with Gasteiger partial charge in [-0.3, -0.25) is 9.69 Å². The van der Waals surface area contributed by atoms with Gasteiger partial charge in [0.05, 0.1) is 12.7 Å². The van der Waals surface area contributed by atoms with Crippen molar-refractivity contribution in [1.29, 1.82) is 0 Å². The lowest BCUT2D eigenvalue weighted by molar-refractivity contribution is -0.0212. The van der Waals surface area contributed by atoms with Crippen LogP contribution in [0.5, 0.6) is 5.75 Å². The predicted molar refractivity (Wildman–Crippen MR) is 129 cm³/mol. The van der Waals surface area contributed by atoms with Crippen LogP contribution in [0.2, 0.25) is 0 Å². The molecule has 1 N–H and O–H groups in total. The van der Waals surface area contributed by atoms with Crippen molar-refractivity contribution < 1.29 is 9.53 Å². The summed E-state index contributed by atoms with van der Waals surface area (Å²) in [6, 6.07) is 12.3. The Bertz CT molecular complexity index is 942. The van der Waals surface area contributed by atoms with E-state index >= 15 is 0 Å². The highest BCUT2D eigenvalue weighted by Crippen LogP contribution is 2.40. The van der Waals surface area contributed by atoms with Crippen LogP contribution in [0.25, 0.3) is 10.8 Å². The third-order valence-electron chi connectivity index (χ3n) is 7.76. The highest BCUT2D eigenvalue weighted by atomic mass is 79.9. The molecule has 1 amide bonds. The van der Waals surface area contributed by atoms with Gasteiger partial charge in [0.1, 0.15) is 5.75 Å². The SMILES string of the molecule is COc1c(C(=O)NC2CC3CCCC(C2)N3C2CCCCC2)cc(Br)c2ccccc12. The molecule has 2 aromatic carbocycles. The molecule has 2 aliphatic heterocycles. The number of carbonyl (C=O) groups is 1. The number of nitrogens with zero attached hydrogens (tertiary/aromatic N) is 1. The third kappa shape index (κ3) is 4.11. The highest BCUT2D eigenvalue weighted by Gasteiger charge is 2.42. The molecule has 2 bridgehead atoms. The smallest absolute Gasteiger partial charge is 0.255 e. The Balaban J connectivity index is 1.35.